The van der Waals surface area contributed by atoms with Gasteiger partial charge in [0, 0.05) is 18.5 Å². The molecular formula is C17H22N2O5S. The van der Waals surface area contributed by atoms with Crippen LogP contribution in [0.3, 0.4) is 0 Å². The smallest absolute Gasteiger partial charge is 0.262 e. The third-order valence-corrected chi connectivity index (χ3v) is 6.23. The van der Waals surface area contributed by atoms with E-state index >= 15 is 0 Å². The van der Waals surface area contributed by atoms with Crippen molar-refractivity contribution >= 4 is 27.3 Å². The average Bonchev–Trinajstić information content (AvgIpc) is 2.60. The minimum atomic E-state index is -3.60. The number of fused-ring (bicyclic) bond motifs is 1. The maximum absolute atomic E-state index is 12.5. The summed E-state index contributed by atoms with van der Waals surface area (Å²) >= 11 is 0. The molecule has 2 N–H and O–H groups in total. The summed E-state index contributed by atoms with van der Waals surface area (Å²) in [5.41, 5.74) is 0.449. The van der Waals surface area contributed by atoms with Gasteiger partial charge < -0.3 is 15.4 Å². The van der Waals surface area contributed by atoms with E-state index in [2.05, 4.69) is 10.6 Å². The predicted molar refractivity (Wildman–Crippen MR) is 92.3 cm³/mol. The first-order chi connectivity index (χ1) is 11.9. The molecule has 0 unspecified atom stereocenters. The number of benzene rings is 1. The average molecular weight is 366 g/mol. The number of ether oxygens (including phenoxy) is 1. The molecule has 1 heterocycles. The Morgan fingerprint density at radius 1 is 1.24 bits per heavy atom. The van der Waals surface area contributed by atoms with Crippen LogP contribution < -0.4 is 15.4 Å². The number of anilines is 1. The van der Waals surface area contributed by atoms with Crippen molar-refractivity contribution in [2.45, 2.75) is 49.5 Å². The SMILES string of the molecule is O=C1COc2cc(S(=O)(=O)CCC(=O)NC3CCCCC3)ccc2N1. The molecule has 1 aromatic rings. The molecule has 2 aliphatic rings. The predicted octanol–water partition coefficient (Wildman–Crippen LogP) is 1.63. The lowest BCUT2D eigenvalue weighted by Crippen LogP contribution is -2.36. The standard InChI is InChI=1S/C17H22N2O5S/c20-16(18-12-4-2-1-3-5-12)8-9-25(22,23)13-6-7-14-15(10-13)24-11-17(21)19-14/h6-7,10,12H,1-5,8-9,11H2,(H,18,20)(H,19,21). The third-order valence-electron chi connectivity index (χ3n) is 4.51. The van der Waals surface area contributed by atoms with Crippen LogP contribution in [-0.2, 0) is 19.4 Å². The first kappa shape index (κ1) is 17.7. The molecule has 25 heavy (non-hydrogen) atoms. The van der Waals surface area contributed by atoms with Gasteiger partial charge in [-0.1, -0.05) is 19.3 Å². The van der Waals surface area contributed by atoms with Gasteiger partial charge in [-0.2, -0.15) is 0 Å². The number of carbonyl (C=O) groups excluding carboxylic acids is 2. The van der Waals surface area contributed by atoms with Crippen LogP contribution in [0.2, 0.25) is 0 Å². The summed E-state index contributed by atoms with van der Waals surface area (Å²) in [6, 6.07) is 4.48. The summed E-state index contributed by atoms with van der Waals surface area (Å²) in [4.78, 5) is 23.4. The molecule has 1 aliphatic heterocycles. The number of rotatable bonds is 5. The zero-order chi connectivity index (χ0) is 17.9. The molecule has 1 aliphatic carbocycles. The van der Waals surface area contributed by atoms with E-state index < -0.39 is 9.84 Å². The van der Waals surface area contributed by atoms with Crippen LogP contribution in [0.4, 0.5) is 5.69 Å². The maximum Gasteiger partial charge on any atom is 0.262 e. The summed E-state index contributed by atoms with van der Waals surface area (Å²) in [6.07, 6.45) is 5.28. The van der Waals surface area contributed by atoms with E-state index in [0.29, 0.717) is 11.4 Å². The van der Waals surface area contributed by atoms with E-state index in [1.54, 1.807) is 0 Å². The fraction of sp³-hybridized carbons (Fsp3) is 0.529. The number of hydrogen-bond donors (Lipinski definition) is 2. The minimum Gasteiger partial charge on any atom is -0.482 e. The first-order valence-corrected chi connectivity index (χ1v) is 10.2. The Morgan fingerprint density at radius 2 is 2.00 bits per heavy atom. The number of hydrogen-bond acceptors (Lipinski definition) is 5. The molecule has 0 spiro atoms. The van der Waals surface area contributed by atoms with Crippen molar-refractivity contribution < 1.29 is 22.7 Å². The highest BCUT2D eigenvalue weighted by Crippen LogP contribution is 2.30. The molecular weight excluding hydrogens is 344 g/mol. The van der Waals surface area contributed by atoms with Crippen molar-refractivity contribution in [1.29, 1.82) is 0 Å². The lowest BCUT2D eigenvalue weighted by Gasteiger charge is -2.22. The normalized spacial score (nSPS) is 18.0. The molecule has 0 aromatic heterocycles. The topological polar surface area (TPSA) is 102 Å². The van der Waals surface area contributed by atoms with Crippen LogP contribution in [0.5, 0.6) is 5.75 Å². The Kier molecular flexibility index (Phi) is 5.27. The highest BCUT2D eigenvalue weighted by atomic mass is 32.2. The molecule has 1 fully saturated rings. The van der Waals surface area contributed by atoms with Crippen molar-refractivity contribution in [1.82, 2.24) is 5.32 Å². The second-order valence-corrected chi connectivity index (χ2v) is 8.58. The van der Waals surface area contributed by atoms with Crippen LogP contribution in [0.1, 0.15) is 38.5 Å². The Labute approximate surface area is 147 Å². The van der Waals surface area contributed by atoms with Crippen LogP contribution in [0, 0.1) is 0 Å². The van der Waals surface area contributed by atoms with Crippen molar-refractivity contribution in [3.8, 4) is 5.75 Å². The van der Waals surface area contributed by atoms with E-state index in [0.717, 1.165) is 25.7 Å². The highest BCUT2D eigenvalue weighted by Gasteiger charge is 2.22. The molecule has 0 bridgehead atoms. The first-order valence-electron chi connectivity index (χ1n) is 8.53. The Bertz CT molecular complexity index is 769. The summed E-state index contributed by atoms with van der Waals surface area (Å²) in [5.74, 6) is -0.428. The Morgan fingerprint density at radius 3 is 2.76 bits per heavy atom. The molecule has 0 atom stereocenters. The van der Waals surface area contributed by atoms with Gasteiger partial charge in [0.1, 0.15) is 5.75 Å². The van der Waals surface area contributed by atoms with Gasteiger partial charge in [0.2, 0.25) is 5.91 Å². The second-order valence-electron chi connectivity index (χ2n) is 6.47. The minimum absolute atomic E-state index is 0.0620. The van der Waals surface area contributed by atoms with E-state index in [1.807, 2.05) is 0 Å². The number of amides is 2. The largest absolute Gasteiger partial charge is 0.482 e. The number of sulfone groups is 1. The molecule has 136 valence electrons. The van der Waals surface area contributed by atoms with Gasteiger partial charge in [-0.25, -0.2) is 8.42 Å². The molecule has 0 radical (unpaired) electrons. The van der Waals surface area contributed by atoms with E-state index in [4.69, 9.17) is 4.74 Å². The Balaban J connectivity index is 1.60. The fourth-order valence-electron chi connectivity index (χ4n) is 3.14. The molecule has 0 saturated heterocycles. The van der Waals surface area contributed by atoms with E-state index in [9.17, 15) is 18.0 Å². The molecule has 2 amide bonds. The molecule has 8 heteroatoms. The van der Waals surface area contributed by atoms with Crippen LogP contribution in [-0.4, -0.2) is 38.6 Å². The summed E-state index contributed by atoms with van der Waals surface area (Å²) < 4.78 is 30.2. The number of carbonyl (C=O) groups is 2. The van der Waals surface area contributed by atoms with Gasteiger partial charge in [0.25, 0.3) is 5.91 Å². The molecule has 1 saturated carbocycles. The quantitative estimate of drug-likeness (QED) is 0.825. The van der Waals surface area contributed by atoms with Crippen molar-refractivity contribution in [3.63, 3.8) is 0 Å². The van der Waals surface area contributed by atoms with Gasteiger partial charge in [0.05, 0.1) is 16.3 Å². The maximum atomic E-state index is 12.5. The molecule has 7 nitrogen and oxygen atoms in total. The van der Waals surface area contributed by atoms with Gasteiger partial charge in [-0.3, -0.25) is 9.59 Å². The van der Waals surface area contributed by atoms with Gasteiger partial charge >= 0.3 is 0 Å². The molecule has 3 rings (SSSR count). The van der Waals surface area contributed by atoms with Gasteiger partial charge in [-0.15, -0.1) is 0 Å². The van der Waals surface area contributed by atoms with Crippen molar-refractivity contribution in [3.05, 3.63) is 18.2 Å². The fourth-order valence-corrected chi connectivity index (χ4v) is 4.39. The monoisotopic (exact) mass is 366 g/mol. The van der Waals surface area contributed by atoms with Crippen LogP contribution in [0.25, 0.3) is 0 Å². The van der Waals surface area contributed by atoms with Crippen LogP contribution in [0.15, 0.2) is 23.1 Å². The van der Waals surface area contributed by atoms with Gasteiger partial charge in [-0.05, 0) is 25.0 Å². The summed E-state index contributed by atoms with van der Waals surface area (Å²) in [6.45, 7) is -0.139. The van der Waals surface area contributed by atoms with Crippen LogP contribution >= 0.6 is 0 Å². The third kappa shape index (κ3) is 4.50. The summed E-state index contributed by atoms with van der Waals surface area (Å²) in [5, 5.41) is 5.53. The van der Waals surface area contributed by atoms with E-state index in [-0.39, 0.29) is 41.5 Å². The Hall–Kier alpha value is -2.09. The van der Waals surface area contributed by atoms with E-state index in [1.165, 1.54) is 24.6 Å². The lowest BCUT2D eigenvalue weighted by atomic mass is 9.95. The molecule has 1 aromatic carbocycles. The van der Waals surface area contributed by atoms with Crippen molar-refractivity contribution in [2.75, 3.05) is 17.7 Å². The zero-order valence-corrected chi connectivity index (χ0v) is 14.7. The lowest BCUT2D eigenvalue weighted by molar-refractivity contribution is -0.121. The summed E-state index contributed by atoms with van der Waals surface area (Å²) in [7, 11) is -3.60. The van der Waals surface area contributed by atoms with Gasteiger partial charge in [0.15, 0.2) is 16.4 Å². The zero-order valence-electron chi connectivity index (χ0n) is 13.9. The highest BCUT2D eigenvalue weighted by molar-refractivity contribution is 7.91. The van der Waals surface area contributed by atoms with Crippen molar-refractivity contribution in [2.24, 2.45) is 0 Å². The second kappa shape index (κ2) is 7.43. The number of nitrogens with one attached hydrogen (secondary N) is 2.